The quantitative estimate of drug-likeness (QED) is 0.624. The van der Waals surface area contributed by atoms with Crippen LogP contribution in [0.25, 0.3) is 0 Å². The van der Waals surface area contributed by atoms with Crippen molar-refractivity contribution in [3.05, 3.63) is 46.1 Å². The Balaban J connectivity index is 1.73. The fourth-order valence-corrected chi connectivity index (χ4v) is 4.58. The molecule has 1 fully saturated rings. The third-order valence-corrected chi connectivity index (χ3v) is 6.49. The number of amides is 1. The Morgan fingerprint density at radius 3 is 2.44 bits per heavy atom. The van der Waals surface area contributed by atoms with Gasteiger partial charge in [-0.15, -0.1) is 0 Å². The molecule has 2 aromatic rings. The van der Waals surface area contributed by atoms with E-state index in [2.05, 4.69) is 10.3 Å². The Labute approximate surface area is 147 Å². The highest BCUT2D eigenvalue weighted by molar-refractivity contribution is 7.89. The average Bonchev–Trinajstić information content (AvgIpc) is 3.27. The van der Waals surface area contributed by atoms with Crippen molar-refractivity contribution >= 4 is 37.4 Å². The van der Waals surface area contributed by atoms with E-state index in [1.165, 1.54) is 28.6 Å². The molecule has 1 N–H and O–H groups in total. The molecule has 0 spiro atoms. The van der Waals surface area contributed by atoms with Gasteiger partial charge < -0.3 is 0 Å². The third kappa shape index (κ3) is 3.67. The van der Waals surface area contributed by atoms with Crippen molar-refractivity contribution in [3.8, 4) is 0 Å². The molecule has 0 saturated carbocycles. The van der Waals surface area contributed by atoms with Gasteiger partial charge in [0.15, 0.2) is 5.13 Å². The topological polar surface area (TPSA) is 123 Å². The van der Waals surface area contributed by atoms with Crippen LogP contribution in [0.2, 0.25) is 0 Å². The lowest BCUT2D eigenvalue weighted by atomic mass is 10.2. The normalized spacial score (nSPS) is 15.2. The molecule has 25 heavy (non-hydrogen) atoms. The number of carbonyl (C=O) groups is 1. The molecular weight excluding hydrogens is 368 g/mol. The highest BCUT2D eigenvalue weighted by atomic mass is 32.2. The van der Waals surface area contributed by atoms with Crippen LogP contribution < -0.4 is 5.32 Å². The van der Waals surface area contributed by atoms with Crippen LogP contribution in [0.15, 0.2) is 35.4 Å². The van der Waals surface area contributed by atoms with Gasteiger partial charge >= 0.3 is 5.00 Å². The van der Waals surface area contributed by atoms with Crippen LogP contribution in [0.3, 0.4) is 0 Å². The first-order valence-electron chi connectivity index (χ1n) is 7.40. The van der Waals surface area contributed by atoms with Gasteiger partial charge in [-0.1, -0.05) is 0 Å². The maximum absolute atomic E-state index is 12.4. The maximum Gasteiger partial charge on any atom is 0.345 e. The molecule has 11 heteroatoms. The smallest absolute Gasteiger partial charge is 0.298 e. The molecule has 1 aromatic heterocycles. The number of hydrogen-bond donors (Lipinski definition) is 1. The van der Waals surface area contributed by atoms with Crippen LogP contribution in [0.5, 0.6) is 0 Å². The molecule has 0 radical (unpaired) electrons. The molecule has 0 aliphatic carbocycles. The molecule has 1 amide bonds. The molecule has 0 bridgehead atoms. The van der Waals surface area contributed by atoms with Gasteiger partial charge in [0, 0.05) is 18.7 Å². The van der Waals surface area contributed by atoms with Gasteiger partial charge in [-0.2, -0.15) is 4.31 Å². The van der Waals surface area contributed by atoms with E-state index < -0.39 is 20.9 Å². The van der Waals surface area contributed by atoms with Crippen molar-refractivity contribution in [1.29, 1.82) is 0 Å². The van der Waals surface area contributed by atoms with Crippen molar-refractivity contribution < 1.29 is 18.1 Å². The van der Waals surface area contributed by atoms with Gasteiger partial charge in [-0.05, 0) is 48.4 Å². The van der Waals surface area contributed by atoms with E-state index in [4.69, 9.17) is 0 Å². The summed E-state index contributed by atoms with van der Waals surface area (Å²) in [6.07, 6.45) is 2.76. The van der Waals surface area contributed by atoms with Gasteiger partial charge in [0.1, 0.15) is 6.20 Å². The van der Waals surface area contributed by atoms with Gasteiger partial charge in [0.25, 0.3) is 5.91 Å². The van der Waals surface area contributed by atoms with Gasteiger partial charge in [-0.3, -0.25) is 20.2 Å². The van der Waals surface area contributed by atoms with Crippen molar-refractivity contribution in [2.24, 2.45) is 0 Å². The van der Waals surface area contributed by atoms with E-state index in [-0.39, 0.29) is 20.6 Å². The zero-order valence-corrected chi connectivity index (χ0v) is 14.5. The van der Waals surface area contributed by atoms with Crippen LogP contribution in [-0.4, -0.2) is 41.6 Å². The highest BCUT2D eigenvalue weighted by Gasteiger charge is 2.27. The van der Waals surface area contributed by atoms with Crippen LogP contribution in [-0.2, 0) is 10.0 Å². The van der Waals surface area contributed by atoms with Gasteiger partial charge in [0.05, 0.1) is 9.82 Å². The number of nitrogens with zero attached hydrogens (tertiary/aromatic N) is 3. The monoisotopic (exact) mass is 382 g/mol. The SMILES string of the molecule is O=C(Nc1ncc([N+](=O)[O-])s1)c1ccc(S(=O)(=O)N2CCCC2)cc1. The number of benzene rings is 1. The van der Waals surface area contributed by atoms with E-state index in [1.807, 2.05) is 0 Å². The Hall–Kier alpha value is -2.37. The number of carbonyl (C=O) groups excluding carboxylic acids is 1. The summed E-state index contributed by atoms with van der Waals surface area (Å²) in [5.74, 6) is -0.519. The lowest BCUT2D eigenvalue weighted by Gasteiger charge is -2.15. The molecule has 9 nitrogen and oxygen atoms in total. The van der Waals surface area contributed by atoms with E-state index in [9.17, 15) is 23.3 Å². The number of nitro groups is 1. The second-order valence-corrected chi connectivity index (χ2v) is 8.30. The standard InChI is InChI=1S/C14H14N4O5S2/c19-13(16-14-15-9-12(24-14)18(20)21)10-3-5-11(6-4-10)25(22,23)17-7-1-2-8-17/h3-6,9H,1-2,7-8H2,(H,15,16,19). The van der Waals surface area contributed by atoms with Crippen LogP contribution in [0.4, 0.5) is 10.1 Å². The number of nitrogens with one attached hydrogen (secondary N) is 1. The van der Waals surface area contributed by atoms with Crippen LogP contribution >= 0.6 is 11.3 Å². The lowest BCUT2D eigenvalue weighted by Crippen LogP contribution is -2.27. The predicted molar refractivity (Wildman–Crippen MR) is 91.2 cm³/mol. The number of aromatic nitrogens is 1. The van der Waals surface area contributed by atoms with Crippen LogP contribution in [0.1, 0.15) is 23.2 Å². The van der Waals surface area contributed by atoms with E-state index in [1.54, 1.807) is 0 Å². The summed E-state index contributed by atoms with van der Waals surface area (Å²) in [5, 5.41) is 13.0. The number of anilines is 1. The first-order valence-corrected chi connectivity index (χ1v) is 9.65. The third-order valence-electron chi connectivity index (χ3n) is 3.71. The van der Waals surface area contributed by atoms with Crippen molar-refractivity contribution in [2.75, 3.05) is 18.4 Å². The predicted octanol–water partition coefficient (Wildman–Crippen LogP) is 2.09. The Kier molecular flexibility index (Phi) is 4.79. The average molecular weight is 382 g/mol. The fraction of sp³-hybridized carbons (Fsp3) is 0.286. The maximum atomic E-state index is 12.4. The number of hydrogen-bond acceptors (Lipinski definition) is 7. The highest BCUT2D eigenvalue weighted by Crippen LogP contribution is 2.26. The van der Waals surface area contributed by atoms with E-state index >= 15 is 0 Å². The molecule has 1 aliphatic rings. The summed E-state index contributed by atoms with van der Waals surface area (Å²) in [7, 11) is -3.53. The first kappa shape index (κ1) is 17.5. The molecule has 0 unspecified atom stereocenters. The molecule has 2 heterocycles. The molecular formula is C14H14N4O5S2. The first-order chi connectivity index (χ1) is 11.9. The van der Waals surface area contributed by atoms with E-state index in [0.29, 0.717) is 13.1 Å². The molecule has 3 rings (SSSR count). The minimum Gasteiger partial charge on any atom is -0.298 e. The zero-order chi connectivity index (χ0) is 18.0. The fourth-order valence-electron chi connectivity index (χ4n) is 2.43. The molecule has 0 atom stereocenters. The van der Waals surface area contributed by atoms with Crippen molar-refractivity contribution in [1.82, 2.24) is 9.29 Å². The summed E-state index contributed by atoms with van der Waals surface area (Å²) >= 11 is 0.744. The van der Waals surface area contributed by atoms with Crippen molar-refractivity contribution in [3.63, 3.8) is 0 Å². The Morgan fingerprint density at radius 1 is 1.24 bits per heavy atom. The Morgan fingerprint density at radius 2 is 1.88 bits per heavy atom. The summed E-state index contributed by atoms with van der Waals surface area (Å²) in [6, 6.07) is 5.57. The van der Waals surface area contributed by atoms with Gasteiger partial charge in [-0.25, -0.2) is 13.4 Å². The van der Waals surface area contributed by atoms with Crippen molar-refractivity contribution in [2.45, 2.75) is 17.7 Å². The van der Waals surface area contributed by atoms with Gasteiger partial charge in [0.2, 0.25) is 10.0 Å². The second-order valence-electron chi connectivity index (χ2n) is 5.35. The number of thiazole rings is 1. The summed E-state index contributed by atoms with van der Waals surface area (Å²) < 4.78 is 26.3. The number of sulfonamides is 1. The van der Waals surface area contributed by atoms with E-state index in [0.717, 1.165) is 30.4 Å². The summed E-state index contributed by atoms with van der Waals surface area (Å²) in [6.45, 7) is 1.01. The molecule has 1 aliphatic heterocycles. The molecule has 1 aromatic carbocycles. The molecule has 132 valence electrons. The second kappa shape index (κ2) is 6.86. The minimum atomic E-state index is -3.53. The van der Waals surface area contributed by atoms with Crippen LogP contribution in [0, 0.1) is 10.1 Å². The minimum absolute atomic E-state index is 0.102. The lowest BCUT2D eigenvalue weighted by molar-refractivity contribution is -0.380. The number of rotatable bonds is 5. The zero-order valence-electron chi connectivity index (χ0n) is 12.9. The summed E-state index contributed by atoms with van der Waals surface area (Å²) in [5.41, 5.74) is 0.234. The Bertz CT molecular complexity index is 902. The summed E-state index contributed by atoms with van der Waals surface area (Å²) in [4.78, 5) is 26.0. The largest absolute Gasteiger partial charge is 0.345 e. The molecule has 1 saturated heterocycles.